The number of anilines is 1. The van der Waals surface area contributed by atoms with Crippen LogP contribution in [-0.4, -0.2) is 19.1 Å². The van der Waals surface area contributed by atoms with Crippen LogP contribution in [0, 0.1) is 5.92 Å². The molecule has 0 spiro atoms. The highest BCUT2D eigenvalue weighted by Gasteiger charge is 2.21. The number of carbonyl (C=O) groups excluding carboxylic acids is 1. The normalized spacial score (nSPS) is 15.3. The standard InChI is InChI=1S/C15H15NO2/c17-15(8-11-9-18-10-11)16-14-7-3-5-12-4-1-2-6-13(12)14/h1-7,11H,8-10H2,(H,16,17). The van der Waals surface area contributed by atoms with Gasteiger partial charge in [-0.25, -0.2) is 0 Å². The van der Waals surface area contributed by atoms with E-state index in [-0.39, 0.29) is 5.91 Å². The fraction of sp³-hybridized carbons (Fsp3) is 0.267. The third-order valence-electron chi connectivity index (χ3n) is 3.24. The second-order valence-corrected chi connectivity index (χ2v) is 4.68. The van der Waals surface area contributed by atoms with Crippen LogP contribution in [0.15, 0.2) is 42.5 Å². The van der Waals surface area contributed by atoms with Gasteiger partial charge in [-0.05, 0) is 11.5 Å². The van der Waals surface area contributed by atoms with E-state index in [9.17, 15) is 4.79 Å². The zero-order valence-electron chi connectivity index (χ0n) is 10.1. The zero-order chi connectivity index (χ0) is 12.4. The topological polar surface area (TPSA) is 38.3 Å². The summed E-state index contributed by atoms with van der Waals surface area (Å²) in [5, 5.41) is 5.21. The van der Waals surface area contributed by atoms with E-state index >= 15 is 0 Å². The molecule has 0 unspecified atom stereocenters. The van der Waals surface area contributed by atoms with Gasteiger partial charge in [-0.15, -0.1) is 0 Å². The number of hydrogen-bond donors (Lipinski definition) is 1. The lowest BCUT2D eigenvalue weighted by atomic mass is 10.0. The Kier molecular flexibility index (Phi) is 2.99. The van der Waals surface area contributed by atoms with Gasteiger partial charge < -0.3 is 10.1 Å². The summed E-state index contributed by atoms with van der Waals surface area (Å²) in [6.45, 7) is 1.42. The molecule has 92 valence electrons. The minimum atomic E-state index is 0.0691. The molecule has 0 radical (unpaired) electrons. The van der Waals surface area contributed by atoms with E-state index in [4.69, 9.17) is 4.74 Å². The van der Waals surface area contributed by atoms with Crippen molar-refractivity contribution < 1.29 is 9.53 Å². The molecule has 3 nitrogen and oxygen atoms in total. The molecule has 3 rings (SSSR count). The van der Waals surface area contributed by atoms with Gasteiger partial charge in [0.1, 0.15) is 0 Å². The van der Waals surface area contributed by atoms with Gasteiger partial charge in [0.15, 0.2) is 0 Å². The Bertz CT molecular complexity index is 570. The first-order chi connectivity index (χ1) is 8.83. The monoisotopic (exact) mass is 241 g/mol. The predicted molar refractivity (Wildman–Crippen MR) is 71.5 cm³/mol. The first-order valence-electron chi connectivity index (χ1n) is 6.18. The summed E-state index contributed by atoms with van der Waals surface area (Å²) in [7, 11) is 0. The third-order valence-corrected chi connectivity index (χ3v) is 3.24. The van der Waals surface area contributed by atoms with Crippen LogP contribution in [0.25, 0.3) is 10.8 Å². The Balaban J connectivity index is 1.79. The highest BCUT2D eigenvalue weighted by molar-refractivity contribution is 6.02. The summed E-state index contributed by atoms with van der Waals surface area (Å²) in [6.07, 6.45) is 0.545. The average Bonchev–Trinajstić information content (AvgIpc) is 2.34. The number of carbonyl (C=O) groups is 1. The summed E-state index contributed by atoms with van der Waals surface area (Å²) < 4.78 is 5.08. The van der Waals surface area contributed by atoms with Crippen LogP contribution in [-0.2, 0) is 9.53 Å². The van der Waals surface area contributed by atoms with Gasteiger partial charge in [-0.3, -0.25) is 4.79 Å². The molecule has 3 heteroatoms. The number of amides is 1. The van der Waals surface area contributed by atoms with Crippen molar-refractivity contribution in [1.29, 1.82) is 0 Å². The van der Waals surface area contributed by atoms with Crippen LogP contribution in [0.4, 0.5) is 5.69 Å². The van der Waals surface area contributed by atoms with Gasteiger partial charge in [0.05, 0.1) is 13.2 Å². The molecule has 0 aliphatic carbocycles. The van der Waals surface area contributed by atoms with Crippen molar-refractivity contribution in [3.05, 3.63) is 42.5 Å². The minimum absolute atomic E-state index is 0.0691. The second kappa shape index (κ2) is 4.78. The first kappa shape index (κ1) is 11.2. The van der Waals surface area contributed by atoms with Gasteiger partial charge >= 0.3 is 0 Å². The molecule has 1 N–H and O–H groups in total. The number of benzene rings is 2. The Morgan fingerprint density at radius 2 is 1.94 bits per heavy atom. The maximum Gasteiger partial charge on any atom is 0.224 e. The second-order valence-electron chi connectivity index (χ2n) is 4.68. The fourth-order valence-electron chi connectivity index (χ4n) is 2.20. The van der Waals surface area contributed by atoms with Gasteiger partial charge in [0.2, 0.25) is 5.91 Å². The van der Waals surface area contributed by atoms with Crippen molar-refractivity contribution in [3.63, 3.8) is 0 Å². The van der Waals surface area contributed by atoms with Crippen molar-refractivity contribution in [2.24, 2.45) is 5.92 Å². The lowest BCUT2D eigenvalue weighted by Crippen LogP contribution is -2.31. The summed E-state index contributed by atoms with van der Waals surface area (Å²) >= 11 is 0. The molecule has 1 aliphatic rings. The maximum atomic E-state index is 11.9. The first-order valence-corrected chi connectivity index (χ1v) is 6.18. The van der Waals surface area contributed by atoms with Crippen molar-refractivity contribution in [2.45, 2.75) is 6.42 Å². The van der Waals surface area contributed by atoms with E-state index in [0.717, 1.165) is 16.5 Å². The SMILES string of the molecule is O=C(CC1COC1)Nc1cccc2ccccc12. The highest BCUT2D eigenvalue weighted by Crippen LogP contribution is 2.24. The summed E-state index contributed by atoms with van der Waals surface area (Å²) in [5.74, 6) is 0.458. The molecular formula is C15H15NO2. The van der Waals surface area contributed by atoms with E-state index < -0.39 is 0 Å². The molecule has 1 amide bonds. The average molecular weight is 241 g/mol. The Hall–Kier alpha value is -1.87. The highest BCUT2D eigenvalue weighted by atomic mass is 16.5. The molecule has 2 aromatic rings. The minimum Gasteiger partial charge on any atom is -0.381 e. The Morgan fingerprint density at radius 3 is 2.72 bits per heavy atom. The summed E-state index contributed by atoms with van der Waals surface area (Å²) in [6, 6.07) is 14.0. The number of rotatable bonds is 3. The fourth-order valence-corrected chi connectivity index (χ4v) is 2.20. The summed E-state index contributed by atoms with van der Waals surface area (Å²) in [5.41, 5.74) is 0.887. The Morgan fingerprint density at radius 1 is 1.17 bits per heavy atom. The molecule has 1 saturated heterocycles. The van der Waals surface area contributed by atoms with Gasteiger partial charge in [-0.1, -0.05) is 36.4 Å². The van der Waals surface area contributed by atoms with Crippen molar-refractivity contribution in [3.8, 4) is 0 Å². The van der Waals surface area contributed by atoms with Gasteiger partial charge in [-0.2, -0.15) is 0 Å². The van der Waals surface area contributed by atoms with Crippen LogP contribution in [0.5, 0.6) is 0 Å². The van der Waals surface area contributed by atoms with E-state index in [1.807, 2.05) is 42.5 Å². The Labute approximate surface area is 106 Å². The van der Waals surface area contributed by atoms with Crippen LogP contribution in [0.3, 0.4) is 0 Å². The van der Waals surface area contributed by atoms with Gasteiger partial charge in [0, 0.05) is 23.4 Å². The van der Waals surface area contributed by atoms with Crippen molar-refractivity contribution in [1.82, 2.24) is 0 Å². The number of hydrogen-bond acceptors (Lipinski definition) is 2. The van der Waals surface area contributed by atoms with Crippen LogP contribution >= 0.6 is 0 Å². The molecule has 1 heterocycles. The maximum absolute atomic E-state index is 11.9. The summed E-state index contributed by atoms with van der Waals surface area (Å²) in [4.78, 5) is 11.9. The number of fused-ring (bicyclic) bond motifs is 1. The van der Waals surface area contributed by atoms with Crippen LogP contribution < -0.4 is 5.32 Å². The molecule has 0 aromatic heterocycles. The molecule has 0 bridgehead atoms. The number of ether oxygens (including phenoxy) is 1. The smallest absolute Gasteiger partial charge is 0.224 e. The van der Waals surface area contributed by atoms with E-state index in [2.05, 4.69) is 5.32 Å². The van der Waals surface area contributed by atoms with Crippen LogP contribution in [0.2, 0.25) is 0 Å². The van der Waals surface area contributed by atoms with Crippen molar-refractivity contribution >= 4 is 22.4 Å². The van der Waals surface area contributed by atoms with E-state index in [1.54, 1.807) is 0 Å². The van der Waals surface area contributed by atoms with E-state index in [1.165, 1.54) is 0 Å². The molecule has 0 saturated carbocycles. The van der Waals surface area contributed by atoms with Crippen LogP contribution in [0.1, 0.15) is 6.42 Å². The predicted octanol–water partition coefficient (Wildman–Crippen LogP) is 2.81. The molecule has 0 atom stereocenters. The molecule has 18 heavy (non-hydrogen) atoms. The zero-order valence-corrected chi connectivity index (χ0v) is 10.1. The molecule has 2 aromatic carbocycles. The lowest BCUT2D eigenvalue weighted by Gasteiger charge is -2.25. The number of nitrogens with one attached hydrogen (secondary N) is 1. The van der Waals surface area contributed by atoms with E-state index in [0.29, 0.717) is 25.6 Å². The largest absolute Gasteiger partial charge is 0.381 e. The third kappa shape index (κ3) is 2.22. The quantitative estimate of drug-likeness (QED) is 0.897. The lowest BCUT2D eigenvalue weighted by molar-refractivity contribution is -0.121. The molecular weight excluding hydrogens is 226 g/mol. The van der Waals surface area contributed by atoms with Crippen molar-refractivity contribution in [2.75, 3.05) is 18.5 Å². The molecule has 1 aliphatic heterocycles. The molecule has 1 fully saturated rings. The van der Waals surface area contributed by atoms with Gasteiger partial charge in [0.25, 0.3) is 0 Å².